The Labute approximate surface area is 141 Å². The van der Waals surface area contributed by atoms with Crippen LogP contribution < -0.4 is 5.73 Å². The van der Waals surface area contributed by atoms with Gasteiger partial charge in [0.2, 0.25) is 17.7 Å². The van der Waals surface area contributed by atoms with Crippen molar-refractivity contribution in [3.63, 3.8) is 0 Å². The summed E-state index contributed by atoms with van der Waals surface area (Å²) in [5.74, 6) is -0.757. The molecule has 0 radical (unpaired) electrons. The van der Waals surface area contributed by atoms with Gasteiger partial charge in [-0.15, -0.1) is 0 Å². The molecular formula is C16H26N4O4. The molecule has 8 heteroatoms. The Morgan fingerprint density at radius 3 is 2.46 bits per heavy atom. The number of hydrogen-bond donors (Lipinski definition) is 2. The van der Waals surface area contributed by atoms with Gasteiger partial charge in [0.15, 0.2) is 0 Å². The van der Waals surface area contributed by atoms with Gasteiger partial charge in [-0.25, -0.2) is 0 Å². The van der Waals surface area contributed by atoms with Crippen LogP contribution in [0.15, 0.2) is 0 Å². The fourth-order valence-corrected chi connectivity index (χ4v) is 4.37. The zero-order valence-corrected chi connectivity index (χ0v) is 14.1. The van der Waals surface area contributed by atoms with Crippen molar-refractivity contribution in [3.05, 3.63) is 0 Å². The van der Waals surface area contributed by atoms with Gasteiger partial charge < -0.3 is 20.6 Å². The van der Waals surface area contributed by atoms with Gasteiger partial charge in [-0.3, -0.25) is 19.3 Å². The number of nitrogens with two attached hydrogens (primary N) is 1. The first-order valence-corrected chi connectivity index (χ1v) is 8.68. The van der Waals surface area contributed by atoms with Gasteiger partial charge >= 0.3 is 0 Å². The maximum Gasteiger partial charge on any atom is 0.245 e. The van der Waals surface area contributed by atoms with E-state index >= 15 is 0 Å². The maximum atomic E-state index is 12.8. The Morgan fingerprint density at radius 1 is 1.25 bits per heavy atom. The Hall–Kier alpha value is -1.67. The molecule has 3 heterocycles. The van der Waals surface area contributed by atoms with E-state index in [9.17, 15) is 19.5 Å². The molecule has 3 amide bonds. The van der Waals surface area contributed by atoms with Gasteiger partial charge in [0.25, 0.3) is 0 Å². The highest BCUT2D eigenvalue weighted by Crippen LogP contribution is 2.40. The van der Waals surface area contributed by atoms with Gasteiger partial charge in [0, 0.05) is 26.2 Å². The zero-order valence-electron chi connectivity index (χ0n) is 14.1. The lowest BCUT2D eigenvalue weighted by Gasteiger charge is -2.53. The SMILES string of the molecule is C[C@@H](O)[C@@H](C(N)=O)N1CCCC12CN(CC(=O)N1CCCC1)C2=O. The van der Waals surface area contributed by atoms with E-state index in [0.717, 1.165) is 32.4 Å². The molecule has 1 unspecified atom stereocenters. The molecule has 0 aromatic rings. The monoisotopic (exact) mass is 338 g/mol. The molecule has 0 saturated carbocycles. The molecule has 3 aliphatic heterocycles. The summed E-state index contributed by atoms with van der Waals surface area (Å²) >= 11 is 0. The molecule has 3 saturated heterocycles. The summed E-state index contributed by atoms with van der Waals surface area (Å²) in [6, 6.07) is -0.868. The smallest absolute Gasteiger partial charge is 0.245 e. The van der Waals surface area contributed by atoms with Crippen LogP contribution in [0.25, 0.3) is 0 Å². The largest absolute Gasteiger partial charge is 0.391 e. The first kappa shape index (κ1) is 17.2. The number of carbonyl (C=O) groups excluding carboxylic acids is 3. The Bertz CT molecular complexity index is 546. The van der Waals surface area contributed by atoms with Crippen LogP contribution in [0.3, 0.4) is 0 Å². The highest BCUT2D eigenvalue weighted by Gasteiger charge is 2.60. The summed E-state index contributed by atoms with van der Waals surface area (Å²) in [6.07, 6.45) is 2.51. The van der Waals surface area contributed by atoms with Crippen LogP contribution in [-0.2, 0) is 14.4 Å². The first-order chi connectivity index (χ1) is 11.4. The van der Waals surface area contributed by atoms with E-state index in [1.165, 1.54) is 6.92 Å². The highest BCUT2D eigenvalue weighted by molar-refractivity contribution is 5.97. The van der Waals surface area contributed by atoms with Gasteiger partial charge in [-0.05, 0) is 32.6 Å². The summed E-state index contributed by atoms with van der Waals surface area (Å²) in [7, 11) is 0. The standard InChI is InChI=1S/C16H26N4O4/c1-11(21)13(14(17)23)20-8-4-5-16(20)10-19(15(16)24)9-12(22)18-6-2-3-7-18/h11,13,21H,2-10H2,1H3,(H2,17,23)/t11-,13+,16?/m1/s1. The molecule has 8 nitrogen and oxygen atoms in total. The number of rotatable bonds is 5. The lowest BCUT2D eigenvalue weighted by molar-refractivity contribution is -0.170. The van der Waals surface area contributed by atoms with Crippen LogP contribution in [0.1, 0.15) is 32.6 Å². The van der Waals surface area contributed by atoms with Crippen LogP contribution >= 0.6 is 0 Å². The topological polar surface area (TPSA) is 107 Å². The van der Waals surface area contributed by atoms with Crippen molar-refractivity contribution in [3.8, 4) is 0 Å². The van der Waals surface area contributed by atoms with E-state index in [1.54, 1.807) is 14.7 Å². The lowest BCUT2D eigenvalue weighted by Crippen LogP contribution is -2.75. The van der Waals surface area contributed by atoms with Crippen molar-refractivity contribution < 1.29 is 19.5 Å². The number of nitrogens with zero attached hydrogens (tertiary/aromatic N) is 3. The van der Waals surface area contributed by atoms with Crippen molar-refractivity contribution in [2.45, 2.75) is 50.3 Å². The fourth-order valence-electron chi connectivity index (χ4n) is 4.37. The van der Waals surface area contributed by atoms with Crippen LogP contribution in [0.2, 0.25) is 0 Å². The van der Waals surface area contributed by atoms with E-state index in [1.807, 2.05) is 0 Å². The highest BCUT2D eigenvalue weighted by atomic mass is 16.3. The van der Waals surface area contributed by atoms with Crippen LogP contribution in [0.5, 0.6) is 0 Å². The van der Waals surface area contributed by atoms with E-state index in [2.05, 4.69) is 0 Å². The van der Waals surface area contributed by atoms with Crippen LogP contribution in [0.4, 0.5) is 0 Å². The van der Waals surface area contributed by atoms with Crippen molar-refractivity contribution in [2.75, 3.05) is 32.7 Å². The Kier molecular flexibility index (Phi) is 4.52. The minimum Gasteiger partial charge on any atom is -0.391 e. The molecule has 0 aromatic heterocycles. The van der Waals surface area contributed by atoms with Crippen LogP contribution in [-0.4, -0.2) is 87.9 Å². The number of primary amides is 1. The maximum absolute atomic E-state index is 12.8. The van der Waals surface area contributed by atoms with Gasteiger partial charge in [0.1, 0.15) is 11.6 Å². The second kappa shape index (κ2) is 6.33. The molecule has 0 aromatic carbocycles. The number of hydrogen-bond acceptors (Lipinski definition) is 5. The van der Waals surface area contributed by atoms with E-state index in [4.69, 9.17) is 5.73 Å². The van der Waals surface area contributed by atoms with Gasteiger partial charge in [-0.1, -0.05) is 0 Å². The molecule has 3 N–H and O–H groups in total. The van der Waals surface area contributed by atoms with E-state index in [-0.39, 0.29) is 18.4 Å². The molecule has 3 aliphatic rings. The third-order valence-corrected chi connectivity index (χ3v) is 5.55. The normalized spacial score (nSPS) is 29.8. The third kappa shape index (κ3) is 2.67. The van der Waals surface area contributed by atoms with Crippen molar-refractivity contribution in [2.24, 2.45) is 5.73 Å². The zero-order chi connectivity index (χ0) is 17.5. The number of amides is 3. The third-order valence-electron chi connectivity index (χ3n) is 5.55. The molecule has 0 bridgehead atoms. The van der Waals surface area contributed by atoms with Crippen molar-refractivity contribution in [1.29, 1.82) is 0 Å². The quantitative estimate of drug-likeness (QED) is 0.595. The average Bonchev–Trinajstić information content (AvgIpc) is 3.17. The van der Waals surface area contributed by atoms with Gasteiger partial charge in [0.05, 0.1) is 12.6 Å². The van der Waals surface area contributed by atoms with E-state index < -0.39 is 23.6 Å². The Morgan fingerprint density at radius 2 is 1.92 bits per heavy atom. The first-order valence-electron chi connectivity index (χ1n) is 8.68. The molecule has 1 spiro atoms. The summed E-state index contributed by atoms with van der Waals surface area (Å²) in [5, 5.41) is 9.91. The van der Waals surface area contributed by atoms with Crippen molar-refractivity contribution >= 4 is 17.7 Å². The predicted octanol–water partition coefficient (Wildman–Crippen LogP) is -1.48. The molecule has 0 aliphatic carbocycles. The molecule has 3 fully saturated rings. The fraction of sp³-hybridized carbons (Fsp3) is 0.812. The molecule has 24 heavy (non-hydrogen) atoms. The average molecular weight is 338 g/mol. The molecule has 3 rings (SSSR count). The molecule has 134 valence electrons. The second-order valence-electron chi connectivity index (χ2n) is 7.17. The summed E-state index contributed by atoms with van der Waals surface area (Å²) in [5.41, 5.74) is 4.66. The molecular weight excluding hydrogens is 312 g/mol. The van der Waals surface area contributed by atoms with Crippen molar-refractivity contribution in [1.82, 2.24) is 14.7 Å². The minimum absolute atomic E-state index is 0.0118. The number of likely N-dealkylation sites (tertiary alicyclic amines) is 3. The number of aliphatic hydroxyl groups excluding tert-OH is 1. The number of carbonyl (C=O) groups is 3. The summed E-state index contributed by atoms with van der Waals surface area (Å²) in [6.45, 7) is 4.12. The van der Waals surface area contributed by atoms with Gasteiger partial charge in [-0.2, -0.15) is 0 Å². The van der Waals surface area contributed by atoms with Crippen LogP contribution in [0, 0.1) is 0 Å². The number of β-lactam (4-membered cyclic amide) rings is 1. The Balaban J connectivity index is 1.67. The van der Waals surface area contributed by atoms with E-state index in [0.29, 0.717) is 19.5 Å². The molecule has 3 atom stereocenters. The minimum atomic E-state index is -0.939. The number of aliphatic hydroxyl groups is 1. The second-order valence-corrected chi connectivity index (χ2v) is 7.17. The lowest BCUT2D eigenvalue weighted by atomic mass is 9.84. The predicted molar refractivity (Wildman–Crippen MR) is 85.7 cm³/mol. The summed E-state index contributed by atoms with van der Waals surface area (Å²) < 4.78 is 0. The summed E-state index contributed by atoms with van der Waals surface area (Å²) in [4.78, 5) is 41.8.